The van der Waals surface area contributed by atoms with E-state index in [9.17, 15) is 14.4 Å². The minimum atomic E-state index is -0.709. The summed E-state index contributed by atoms with van der Waals surface area (Å²) in [4.78, 5) is 34.7. The molecule has 1 aliphatic rings. The smallest absolute Gasteiger partial charge is 0.355 e. The molecule has 0 aliphatic carbocycles. The molecule has 26 heavy (non-hydrogen) atoms. The number of rotatable bonds is 5. The Morgan fingerprint density at radius 3 is 2.35 bits per heavy atom. The molecule has 0 saturated heterocycles. The van der Waals surface area contributed by atoms with Gasteiger partial charge in [0.05, 0.1) is 0 Å². The standard InChI is InChI=1S/C19H17N3O4/c23-17-11-10-16(21-22-17)19(25)26-12-18(24)20-15-8-6-14(7-9-15)13-4-2-1-3-5-13/h1-9H,10-12H2,(H,20,24)(H,22,23). The maximum Gasteiger partial charge on any atom is 0.355 e. The lowest BCUT2D eigenvalue weighted by atomic mass is 10.1. The summed E-state index contributed by atoms with van der Waals surface area (Å²) in [7, 11) is 0. The molecule has 0 fully saturated rings. The third-order valence-electron chi connectivity index (χ3n) is 3.75. The van der Waals surface area contributed by atoms with Gasteiger partial charge >= 0.3 is 5.97 Å². The molecule has 3 rings (SSSR count). The van der Waals surface area contributed by atoms with E-state index in [2.05, 4.69) is 15.8 Å². The highest BCUT2D eigenvalue weighted by molar-refractivity contribution is 6.37. The summed E-state index contributed by atoms with van der Waals surface area (Å²) in [5.74, 6) is -1.41. The molecular formula is C19H17N3O4. The van der Waals surface area contributed by atoms with Crippen molar-refractivity contribution in [3.8, 4) is 11.1 Å². The molecule has 2 aromatic rings. The van der Waals surface area contributed by atoms with E-state index in [-0.39, 0.29) is 24.5 Å². The van der Waals surface area contributed by atoms with Crippen molar-refractivity contribution in [1.29, 1.82) is 0 Å². The number of benzene rings is 2. The fraction of sp³-hybridized carbons (Fsp3) is 0.158. The number of nitrogens with zero attached hydrogens (tertiary/aromatic N) is 1. The Morgan fingerprint density at radius 1 is 1.00 bits per heavy atom. The lowest BCUT2D eigenvalue weighted by molar-refractivity contribution is -0.140. The normalized spacial score (nSPS) is 13.4. The monoisotopic (exact) mass is 351 g/mol. The van der Waals surface area contributed by atoms with Crippen molar-refractivity contribution in [3.05, 3.63) is 54.6 Å². The number of ether oxygens (including phenoxy) is 1. The summed E-state index contributed by atoms with van der Waals surface area (Å²) in [5, 5.41) is 6.28. The van der Waals surface area contributed by atoms with Crippen molar-refractivity contribution in [2.24, 2.45) is 5.10 Å². The minimum absolute atomic E-state index is 0.101. The van der Waals surface area contributed by atoms with Gasteiger partial charge in [-0.1, -0.05) is 42.5 Å². The number of hydrogen-bond donors (Lipinski definition) is 2. The molecule has 0 saturated carbocycles. The Morgan fingerprint density at radius 2 is 1.69 bits per heavy atom. The molecule has 132 valence electrons. The van der Waals surface area contributed by atoms with Crippen molar-refractivity contribution in [2.75, 3.05) is 11.9 Å². The number of hydrogen-bond acceptors (Lipinski definition) is 5. The van der Waals surface area contributed by atoms with Gasteiger partial charge in [0.25, 0.3) is 5.91 Å². The van der Waals surface area contributed by atoms with Gasteiger partial charge in [0, 0.05) is 18.5 Å². The van der Waals surface area contributed by atoms with E-state index in [0.717, 1.165) is 11.1 Å². The largest absolute Gasteiger partial charge is 0.451 e. The van der Waals surface area contributed by atoms with E-state index in [1.54, 1.807) is 12.1 Å². The van der Waals surface area contributed by atoms with Crippen LogP contribution in [0.25, 0.3) is 11.1 Å². The topological polar surface area (TPSA) is 96.9 Å². The van der Waals surface area contributed by atoms with Crippen molar-refractivity contribution in [3.63, 3.8) is 0 Å². The molecule has 2 amide bonds. The Bertz CT molecular complexity index is 845. The van der Waals surface area contributed by atoms with E-state index >= 15 is 0 Å². The van der Waals surface area contributed by atoms with Gasteiger partial charge in [0.2, 0.25) is 5.91 Å². The molecule has 1 heterocycles. The molecule has 0 spiro atoms. The molecule has 7 nitrogen and oxygen atoms in total. The number of amides is 2. The Kier molecular flexibility index (Phi) is 5.38. The van der Waals surface area contributed by atoms with Crippen LogP contribution in [-0.2, 0) is 19.1 Å². The summed E-state index contributed by atoms with van der Waals surface area (Å²) >= 11 is 0. The Balaban J connectivity index is 1.50. The molecule has 2 N–H and O–H groups in total. The Hall–Kier alpha value is -3.48. The van der Waals surface area contributed by atoms with Crippen LogP contribution in [0.15, 0.2) is 59.7 Å². The summed E-state index contributed by atoms with van der Waals surface area (Å²) in [6, 6.07) is 17.2. The highest BCUT2D eigenvalue weighted by Crippen LogP contribution is 2.20. The summed E-state index contributed by atoms with van der Waals surface area (Å²) in [5.41, 5.74) is 5.03. The van der Waals surface area contributed by atoms with Crippen LogP contribution in [0.5, 0.6) is 0 Å². The average Bonchev–Trinajstić information content (AvgIpc) is 2.68. The number of esters is 1. The first kappa shape index (κ1) is 17.3. The zero-order valence-electron chi connectivity index (χ0n) is 13.9. The van der Waals surface area contributed by atoms with Crippen molar-refractivity contribution in [1.82, 2.24) is 5.43 Å². The average molecular weight is 351 g/mol. The number of nitrogens with one attached hydrogen (secondary N) is 2. The van der Waals surface area contributed by atoms with Gasteiger partial charge in [0.15, 0.2) is 6.61 Å². The van der Waals surface area contributed by atoms with Gasteiger partial charge in [-0.05, 0) is 23.3 Å². The number of hydrazone groups is 1. The van der Waals surface area contributed by atoms with Crippen LogP contribution in [-0.4, -0.2) is 30.1 Å². The SMILES string of the molecule is O=C1CCC(C(=O)OCC(=O)Nc2ccc(-c3ccccc3)cc2)=NN1. The molecule has 1 aliphatic heterocycles. The van der Waals surface area contributed by atoms with E-state index in [0.29, 0.717) is 5.69 Å². The molecule has 2 aromatic carbocycles. The van der Waals surface area contributed by atoms with Crippen LogP contribution in [0, 0.1) is 0 Å². The highest BCUT2D eigenvalue weighted by Gasteiger charge is 2.20. The van der Waals surface area contributed by atoms with Gasteiger partial charge in [-0.2, -0.15) is 5.10 Å². The number of anilines is 1. The fourth-order valence-corrected chi connectivity index (χ4v) is 2.41. The lowest BCUT2D eigenvalue weighted by Gasteiger charge is -2.11. The van der Waals surface area contributed by atoms with E-state index in [1.807, 2.05) is 42.5 Å². The van der Waals surface area contributed by atoms with Crippen LogP contribution in [0.3, 0.4) is 0 Å². The van der Waals surface area contributed by atoms with Crippen molar-refractivity contribution < 1.29 is 19.1 Å². The quantitative estimate of drug-likeness (QED) is 0.806. The lowest BCUT2D eigenvalue weighted by Crippen LogP contribution is -2.32. The number of carbonyl (C=O) groups excluding carboxylic acids is 3. The molecule has 7 heteroatoms. The van der Waals surface area contributed by atoms with Gasteiger partial charge in [0.1, 0.15) is 5.71 Å². The third-order valence-corrected chi connectivity index (χ3v) is 3.75. The minimum Gasteiger partial charge on any atom is -0.451 e. The van der Waals surface area contributed by atoms with E-state index in [1.165, 1.54) is 0 Å². The summed E-state index contributed by atoms with van der Waals surface area (Å²) < 4.78 is 4.91. The summed E-state index contributed by atoms with van der Waals surface area (Å²) in [6.45, 7) is -0.424. The second-order valence-electron chi connectivity index (χ2n) is 5.66. The molecule has 0 radical (unpaired) electrons. The van der Waals surface area contributed by atoms with E-state index < -0.39 is 18.5 Å². The third kappa shape index (κ3) is 4.54. The molecule has 0 atom stereocenters. The second-order valence-corrected chi connectivity index (χ2v) is 5.66. The second kappa shape index (κ2) is 8.06. The predicted molar refractivity (Wildman–Crippen MR) is 96.3 cm³/mol. The molecule has 0 unspecified atom stereocenters. The fourth-order valence-electron chi connectivity index (χ4n) is 2.41. The van der Waals surface area contributed by atoms with Gasteiger partial charge in [-0.3, -0.25) is 9.59 Å². The van der Waals surface area contributed by atoms with Gasteiger partial charge < -0.3 is 10.1 Å². The van der Waals surface area contributed by atoms with Crippen LogP contribution >= 0.6 is 0 Å². The highest BCUT2D eigenvalue weighted by atomic mass is 16.5. The van der Waals surface area contributed by atoms with Crippen LogP contribution in [0.4, 0.5) is 5.69 Å². The molecule has 0 bridgehead atoms. The Labute approximate surface area is 150 Å². The van der Waals surface area contributed by atoms with Gasteiger partial charge in [-0.15, -0.1) is 0 Å². The zero-order valence-corrected chi connectivity index (χ0v) is 13.9. The summed E-state index contributed by atoms with van der Waals surface area (Å²) in [6.07, 6.45) is 0.376. The first-order chi connectivity index (χ1) is 12.6. The first-order valence-electron chi connectivity index (χ1n) is 8.10. The van der Waals surface area contributed by atoms with Crippen molar-refractivity contribution >= 4 is 29.2 Å². The van der Waals surface area contributed by atoms with Gasteiger partial charge in [-0.25, -0.2) is 10.2 Å². The van der Waals surface area contributed by atoms with E-state index in [4.69, 9.17) is 4.74 Å². The zero-order chi connectivity index (χ0) is 18.4. The van der Waals surface area contributed by atoms with Crippen molar-refractivity contribution in [2.45, 2.75) is 12.8 Å². The first-order valence-corrected chi connectivity index (χ1v) is 8.10. The van der Waals surface area contributed by atoms with Crippen LogP contribution in [0.2, 0.25) is 0 Å². The maximum atomic E-state index is 11.9. The van der Waals surface area contributed by atoms with Crippen LogP contribution < -0.4 is 10.7 Å². The molecule has 0 aromatic heterocycles. The van der Waals surface area contributed by atoms with Crippen LogP contribution in [0.1, 0.15) is 12.8 Å². The predicted octanol–water partition coefficient (Wildman–Crippen LogP) is 2.10. The number of carbonyl (C=O) groups is 3. The maximum absolute atomic E-state index is 11.9. The molecular weight excluding hydrogens is 334 g/mol.